The van der Waals surface area contributed by atoms with Crippen molar-refractivity contribution in [1.29, 1.82) is 0 Å². The lowest BCUT2D eigenvalue weighted by atomic mass is 10.1. The molecule has 0 fully saturated rings. The predicted octanol–water partition coefficient (Wildman–Crippen LogP) is 2.50. The van der Waals surface area contributed by atoms with Gasteiger partial charge in [0.1, 0.15) is 5.75 Å². The van der Waals surface area contributed by atoms with Crippen molar-refractivity contribution in [3.8, 4) is 5.75 Å². The molecule has 1 aliphatic rings. The standard InChI is InChI=1S/C19H16N4O5/c1-12-16(19(25)22-21-12)10-13-9-15(23(26)27)7-8-17(13)28-11-18(24)20-14-5-3-2-4-6-14/h2-10H,11H2,1H3,(H,20,24)(H,22,25). The summed E-state index contributed by atoms with van der Waals surface area (Å²) in [5, 5.41) is 17.6. The van der Waals surface area contributed by atoms with Crippen LogP contribution in [0.1, 0.15) is 12.5 Å². The number of rotatable bonds is 6. The number of hydrogen-bond acceptors (Lipinski definition) is 6. The summed E-state index contributed by atoms with van der Waals surface area (Å²) in [5.41, 5.74) is 3.78. The quantitative estimate of drug-likeness (QED) is 0.453. The number of anilines is 1. The molecule has 0 bridgehead atoms. The van der Waals surface area contributed by atoms with E-state index in [0.717, 1.165) is 0 Å². The molecule has 1 aliphatic heterocycles. The highest BCUT2D eigenvalue weighted by atomic mass is 16.6. The van der Waals surface area contributed by atoms with Gasteiger partial charge < -0.3 is 10.1 Å². The smallest absolute Gasteiger partial charge is 0.273 e. The highest BCUT2D eigenvalue weighted by molar-refractivity contribution is 6.26. The van der Waals surface area contributed by atoms with Crippen LogP contribution in [-0.4, -0.2) is 29.1 Å². The van der Waals surface area contributed by atoms with E-state index in [0.29, 0.717) is 17.0 Å². The molecule has 2 amide bonds. The van der Waals surface area contributed by atoms with Gasteiger partial charge in [0, 0.05) is 23.4 Å². The van der Waals surface area contributed by atoms with Crippen LogP contribution in [-0.2, 0) is 9.59 Å². The molecule has 2 N–H and O–H groups in total. The summed E-state index contributed by atoms with van der Waals surface area (Å²) in [6.07, 6.45) is 1.44. The summed E-state index contributed by atoms with van der Waals surface area (Å²) in [7, 11) is 0. The number of carbonyl (C=O) groups is 2. The van der Waals surface area contributed by atoms with Crippen LogP contribution in [0.25, 0.3) is 6.08 Å². The molecular weight excluding hydrogens is 364 g/mol. The van der Waals surface area contributed by atoms with Gasteiger partial charge in [-0.15, -0.1) is 0 Å². The van der Waals surface area contributed by atoms with Crippen molar-refractivity contribution in [2.75, 3.05) is 11.9 Å². The highest BCUT2D eigenvalue weighted by Gasteiger charge is 2.20. The Kier molecular flexibility index (Phi) is 5.45. The molecule has 0 unspecified atom stereocenters. The SMILES string of the molecule is CC1=NNC(=O)C1=Cc1cc([N+](=O)[O-])ccc1OCC(=O)Nc1ccccc1. The topological polar surface area (TPSA) is 123 Å². The number of nitrogens with zero attached hydrogens (tertiary/aromatic N) is 2. The van der Waals surface area contributed by atoms with E-state index in [4.69, 9.17) is 4.74 Å². The third kappa shape index (κ3) is 4.39. The van der Waals surface area contributed by atoms with Crippen LogP contribution in [0.3, 0.4) is 0 Å². The van der Waals surface area contributed by atoms with Gasteiger partial charge in [0.15, 0.2) is 6.61 Å². The van der Waals surface area contributed by atoms with Gasteiger partial charge >= 0.3 is 0 Å². The number of amides is 2. The minimum Gasteiger partial charge on any atom is -0.483 e. The molecule has 0 aromatic heterocycles. The Hall–Kier alpha value is -4.01. The Morgan fingerprint density at radius 3 is 2.68 bits per heavy atom. The summed E-state index contributed by atoms with van der Waals surface area (Å²) < 4.78 is 5.54. The largest absolute Gasteiger partial charge is 0.483 e. The van der Waals surface area contributed by atoms with Gasteiger partial charge in [-0.25, -0.2) is 5.43 Å². The van der Waals surface area contributed by atoms with Crippen LogP contribution < -0.4 is 15.5 Å². The van der Waals surface area contributed by atoms with Crippen LogP contribution >= 0.6 is 0 Å². The fraction of sp³-hybridized carbons (Fsp3) is 0.105. The van der Waals surface area contributed by atoms with Gasteiger partial charge in [0.2, 0.25) is 0 Å². The number of carbonyl (C=O) groups excluding carboxylic acids is 2. The second kappa shape index (κ2) is 8.12. The molecule has 3 rings (SSSR count). The maximum Gasteiger partial charge on any atom is 0.273 e. The molecule has 0 atom stereocenters. The van der Waals surface area contributed by atoms with Crippen LogP contribution in [0.15, 0.2) is 59.2 Å². The number of nitro groups is 1. The Bertz CT molecular complexity index is 999. The lowest BCUT2D eigenvalue weighted by Crippen LogP contribution is -2.20. The zero-order valence-corrected chi connectivity index (χ0v) is 14.8. The minimum absolute atomic E-state index is 0.166. The van der Waals surface area contributed by atoms with E-state index in [-0.39, 0.29) is 29.5 Å². The maximum atomic E-state index is 12.1. The predicted molar refractivity (Wildman–Crippen MR) is 103 cm³/mol. The first-order valence-electron chi connectivity index (χ1n) is 8.27. The number of nitrogens with one attached hydrogen (secondary N) is 2. The van der Waals surface area contributed by atoms with Crippen LogP contribution in [0.2, 0.25) is 0 Å². The third-order valence-corrected chi connectivity index (χ3v) is 3.88. The molecule has 0 saturated carbocycles. The summed E-state index contributed by atoms with van der Waals surface area (Å²) in [6, 6.07) is 12.8. The molecule has 2 aromatic rings. The van der Waals surface area contributed by atoms with Gasteiger partial charge in [0.25, 0.3) is 17.5 Å². The number of non-ortho nitro benzene ring substituents is 1. The fourth-order valence-corrected chi connectivity index (χ4v) is 2.50. The van der Waals surface area contributed by atoms with Crippen molar-refractivity contribution >= 4 is 35.0 Å². The highest BCUT2D eigenvalue weighted by Crippen LogP contribution is 2.27. The maximum absolute atomic E-state index is 12.1. The Morgan fingerprint density at radius 2 is 2.04 bits per heavy atom. The number of para-hydroxylation sites is 1. The second-order valence-corrected chi connectivity index (χ2v) is 5.88. The van der Waals surface area contributed by atoms with Crippen molar-refractivity contribution in [3.05, 3.63) is 69.8 Å². The molecule has 1 heterocycles. The van der Waals surface area contributed by atoms with E-state index in [1.165, 1.54) is 24.3 Å². The molecule has 9 nitrogen and oxygen atoms in total. The van der Waals surface area contributed by atoms with E-state index >= 15 is 0 Å². The lowest BCUT2D eigenvalue weighted by Gasteiger charge is -2.10. The number of nitro benzene ring substituents is 1. The molecule has 142 valence electrons. The Balaban J connectivity index is 1.81. The van der Waals surface area contributed by atoms with Crippen molar-refractivity contribution in [2.24, 2.45) is 5.10 Å². The molecule has 0 radical (unpaired) electrons. The number of benzene rings is 2. The Morgan fingerprint density at radius 1 is 1.29 bits per heavy atom. The Labute approximate surface area is 159 Å². The monoisotopic (exact) mass is 380 g/mol. The van der Waals surface area contributed by atoms with Crippen LogP contribution in [0.5, 0.6) is 5.75 Å². The molecule has 0 aliphatic carbocycles. The number of hydrazone groups is 1. The van der Waals surface area contributed by atoms with Crippen molar-refractivity contribution in [3.63, 3.8) is 0 Å². The molecule has 0 saturated heterocycles. The average molecular weight is 380 g/mol. The first-order valence-corrected chi connectivity index (χ1v) is 8.27. The van der Waals surface area contributed by atoms with E-state index in [9.17, 15) is 19.7 Å². The van der Waals surface area contributed by atoms with Gasteiger partial charge in [-0.2, -0.15) is 5.10 Å². The number of hydrogen-bond donors (Lipinski definition) is 2. The molecule has 2 aromatic carbocycles. The summed E-state index contributed by atoms with van der Waals surface area (Å²) in [6.45, 7) is 1.33. The van der Waals surface area contributed by atoms with Crippen molar-refractivity contribution in [1.82, 2.24) is 5.43 Å². The van der Waals surface area contributed by atoms with Gasteiger partial charge in [0.05, 0.1) is 16.2 Å². The van der Waals surface area contributed by atoms with Gasteiger partial charge in [-0.1, -0.05) is 18.2 Å². The van der Waals surface area contributed by atoms with Crippen LogP contribution in [0.4, 0.5) is 11.4 Å². The first-order chi connectivity index (χ1) is 13.4. The normalized spacial score (nSPS) is 14.4. The molecule has 9 heteroatoms. The van der Waals surface area contributed by atoms with Gasteiger partial charge in [-0.3, -0.25) is 19.7 Å². The number of ether oxygens (including phenoxy) is 1. The van der Waals surface area contributed by atoms with E-state index in [2.05, 4.69) is 15.8 Å². The summed E-state index contributed by atoms with van der Waals surface area (Å²) >= 11 is 0. The third-order valence-electron chi connectivity index (χ3n) is 3.88. The average Bonchev–Trinajstić information content (AvgIpc) is 2.99. The van der Waals surface area contributed by atoms with E-state index in [1.54, 1.807) is 31.2 Å². The summed E-state index contributed by atoms with van der Waals surface area (Å²) in [4.78, 5) is 34.5. The fourth-order valence-electron chi connectivity index (χ4n) is 2.50. The van der Waals surface area contributed by atoms with E-state index in [1.807, 2.05) is 6.07 Å². The molecule has 28 heavy (non-hydrogen) atoms. The van der Waals surface area contributed by atoms with E-state index < -0.39 is 10.8 Å². The second-order valence-electron chi connectivity index (χ2n) is 5.88. The zero-order valence-electron chi connectivity index (χ0n) is 14.8. The molecular formula is C19H16N4O5. The summed E-state index contributed by atoms with van der Waals surface area (Å²) in [5.74, 6) is -0.579. The van der Waals surface area contributed by atoms with Crippen molar-refractivity contribution in [2.45, 2.75) is 6.92 Å². The molecule has 0 spiro atoms. The van der Waals surface area contributed by atoms with Crippen LogP contribution in [0, 0.1) is 10.1 Å². The van der Waals surface area contributed by atoms with Crippen molar-refractivity contribution < 1.29 is 19.2 Å². The van der Waals surface area contributed by atoms with Gasteiger partial charge in [-0.05, 0) is 31.2 Å². The minimum atomic E-state index is -0.552. The zero-order chi connectivity index (χ0) is 20.1. The first kappa shape index (κ1) is 18.8. The lowest BCUT2D eigenvalue weighted by molar-refractivity contribution is -0.384.